The first kappa shape index (κ1) is 30.8. The number of benzene rings is 2. The van der Waals surface area contributed by atoms with E-state index in [1.807, 2.05) is 18.3 Å². The van der Waals surface area contributed by atoms with Gasteiger partial charge in [0, 0.05) is 29.2 Å². The number of nitrogens with one attached hydrogen (secondary N) is 2. The summed E-state index contributed by atoms with van der Waals surface area (Å²) in [5.41, 5.74) is 1.47. The SMILES string of the molecule is O=C([C@H]1CCN1S(=O)(=O)c1c(F)c(F)c(F)c(F)c1F)N(Cc1ccc(C2CCCCC2)c[nH+]1)c1ccc2c(=O)[nH]ncc2c1. The summed E-state index contributed by atoms with van der Waals surface area (Å²) in [6.07, 6.45) is 8.76. The lowest BCUT2D eigenvalue weighted by molar-refractivity contribution is -0.391. The number of aromatic amines is 2. The van der Waals surface area contributed by atoms with Crippen molar-refractivity contribution in [2.45, 2.75) is 61.9 Å². The molecule has 1 aliphatic heterocycles. The van der Waals surface area contributed by atoms with Crippen LogP contribution in [0.25, 0.3) is 10.8 Å². The zero-order valence-electron chi connectivity index (χ0n) is 23.6. The maximum Gasteiger partial charge on any atom is 0.272 e. The van der Waals surface area contributed by atoms with Gasteiger partial charge in [0.25, 0.3) is 5.56 Å². The van der Waals surface area contributed by atoms with Gasteiger partial charge < -0.3 is 4.90 Å². The molecule has 1 aliphatic carbocycles. The molecule has 0 bridgehead atoms. The minimum Gasteiger partial charge on any atom is -0.300 e. The molecular weight excluding hydrogens is 621 g/mol. The van der Waals surface area contributed by atoms with Gasteiger partial charge in [0.15, 0.2) is 40.1 Å². The van der Waals surface area contributed by atoms with Crippen LogP contribution < -0.4 is 15.4 Å². The van der Waals surface area contributed by atoms with Crippen molar-refractivity contribution in [2.75, 3.05) is 11.4 Å². The molecule has 4 aromatic rings. The largest absolute Gasteiger partial charge is 0.300 e. The lowest BCUT2D eigenvalue weighted by Crippen LogP contribution is -2.59. The highest BCUT2D eigenvalue weighted by molar-refractivity contribution is 7.89. The average Bonchev–Trinajstić information content (AvgIpc) is 3.01. The summed E-state index contributed by atoms with van der Waals surface area (Å²) in [6, 6.07) is 6.70. The molecule has 2 aromatic heterocycles. The molecule has 1 atom stereocenters. The number of rotatable bonds is 7. The zero-order valence-corrected chi connectivity index (χ0v) is 24.4. The second kappa shape index (κ2) is 11.9. The summed E-state index contributed by atoms with van der Waals surface area (Å²) in [4.78, 5) is 28.6. The Bertz CT molecular complexity index is 1940. The number of sulfonamides is 1. The van der Waals surface area contributed by atoms with Gasteiger partial charge in [-0.15, -0.1) is 0 Å². The van der Waals surface area contributed by atoms with Crippen molar-refractivity contribution >= 4 is 32.4 Å². The van der Waals surface area contributed by atoms with Crippen LogP contribution in [0.2, 0.25) is 0 Å². The lowest BCUT2D eigenvalue weighted by atomic mass is 9.85. The molecule has 1 amide bonds. The van der Waals surface area contributed by atoms with E-state index in [1.54, 1.807) is 0 Å². The second-order valence-electron chi connectivity index (χ2n) is 11.2. The lowest BCUT2D eigenvalue weighted by Gasteiger charge is -2.40. The van der Waals surface area contributed by atoms with Crippen LogP contribution in [0, 0.1) is 29.1 Å². The third kappa shape index (κ3) is 5.47. The van der Waals surface area contributed by atoms with Crippen LogP contribution in [-0.4, -0.2) is 41.4 Å². The zero-order chi connectivity index (χ0) is 32.0. The molecule has 3 heterocycles. The van der Waals surface area contributed by atoms with E-state index in [2.05, 4.69) is 15.2 Å². The Morgan fingerprint density at radius 2 is 1.64 bits per heavy atom. The first-order valence-electron chi connectivity index (χ1n) is 14.3. The molecule has 236 valence electrons. The predicted molar refractivity (Wildman–Crippen MR) is 151 cm³/mol. The Labute approximate surface area is 253 Å². The van der Waals surface area contributed by atoms with Gasteiger partial charge in [-0.25, -0.2) is 40.5 Å². The van der Waals surface area contributed by atoms with Crippen molar-refractivity contribution in [1.29, 1.82) is 0 Å². The van der Waals surface area contributed by atoms with Gasteiger partial charge in [-0.2, -0.15) is 9.40 Å². The van der Waals surface area contributed by atoms with E-state index in [4.69, 9.17) is 0 Å². The minimum absolute atomic E-state index is 0.0803. The minimum atomic E-state index is -5.34. The fourth-order valence-corrected chi connectivity index (χ4v) is 7.73. The summed E-state index contributed by atoms with van der Waals surface area (Å²) in [6.45, 7) is -0.496. The van der Waals surface area contributed by atoms with Crippen molar-refractivity contribution in [3.63, 3.8) is 0 Å². The van der Waals surface area contributed by atoms with Gasteiger partial charge in [-0.1, -0.05) is 19.3 Å². The molecule has 1 saturated heterocycles. The summed E-state index contributed by atoms with van der Waals surface area (Å²) < 4.78 is 97.5. The van der Waals surface area contributed by atoms with Gasteiger partial charge in [0.05, 0.1) is 11.6 Å². The molecular formula is C30H27F5N5O4S+. The smallest absolute Gasteiger partial charge is 0.272 e. The molecule has 2 N–H and O–H groups in total. The molecule has 0 spiro atoms. The Hall–Kier alpha value is -4.24. The van der Waals surface area contributed by atoms with E-state index >= 15 is 0 Å². The van der Waals surface area contributed by atoms with Gasteiger partial charge >= 0.3 is 0 Å². The standard InChI is InChI=1S/C30H26F5N5O4S/c31-23-24(32)26(34)28(27(35)25(23)33)45(43,44)40-11-10-22(40)30(42)39(20-8-9-21-18(12-20)14-37-38-29(21)41)15-19-7-6-17(13-36-19)16-4-2-1-3-5-16/h6-9,12-14,16,22H,1-5,10-11,15H2,(H,38,41)/p+1/t22-/m1/s1. The molecule has 9 nitrogen and oxygen atoms in total. The quantitative estimate of drug-likeness (QED) is 0.180. The molecule has 0 radical (unpaired) electrons. The third-order valence-corrected chi connectivity index (χ3v) is 10.5. The van der Waals surface area contributed by atoms with Gasteiger partial charge in [-0.3, -0.25) is 9.59 Å². The number of hydrogen-bond donors (Lipinski definition) is 1. The number of anilines is 1. The highest BCUT2D eigenvalue weighted by atomic mass is 32.2. The number of halogens is 5. The van der Waals surface area contributed by atoms with E-state index in [-0.39, 0.29) is 24.0 Å². The maximum absolute atomic E-state index is 14.5. The molecule has 2 aromatic carbocycles. The summed E-state index contributed by atoms with van der Waals surface area (Å²) >= 11 is 0. The Morgan fingerprint density at radius 1 is 0.956 bits per heavy atom. The van der Waals surface area contributed by atoms with Crippen LogP contribution in [0.1, 0.15) is 55.7 Å². The van der Waals surface area contributed by atoms with Crippen LogP contribution >= 0.6 is 0 Å². The van der Waals surface area contributed by atoms with Gasteiger partial charge in [0.2, 0.25) is 21.7 Å². The topological polar surface area (TPSA) is 118 Å². The van der Waals surface area contributed by atoms with Crippen molar-refractivity contribution in [3.8, 4) is 0 Å². The Balaban J connectivity index is 1.35. The number of aromatic nitrogens is 3. The first-order chi connectivity index (χ1) is 21.5. The van der Waals surface area contributed by atoms with Crippen molar-refractivity contribution < 1.29 is 40.1 Å². The number of nitrogens with zero attached hydrogens (tertiary/aromatic N) is 3. The van der Waals surface area contributed by atoms with Crippen LogP contribution in [0.15, 0.2) is 52.4 Å². The molecule has 15 heteroatoms. The highest BCUT2D eigenvalue weighted by Gasteiger charge is 2.48. The fourth-order valence-electron chi connectivity index (χ4n) is 5.98. The first-order valence-corrected chi connectivity index (χ1v) is 15.8. The molecule has 0 unspecified atom stereocenters. The van der Waals surface area contributed by atoms with Crippen molar-refractivity contribution in [1.82, 2.24) is 14.5 Å². The second-order valence-corrected chi connectivity index (χ2v) is 13.0. The van der Waals surface area contributed by atoms with Crippen molar-refractivity contribution in [3.05, 3.63) is 93.4 Å². The van der Waals surface area contributed by atoms with Crippen molar-refractivity contribution in [2.24, 2.45) is 0 Å². The van der Waals surface area contributed by atoms with Gasteiger partial charge in [-0.05, 0) is 49.4 Å². The molecule has 2 aliphatic rings. The molecule has 6 rings (SSSR count). The number of carbonyl (C=O) groups excluding carboxylic acids is 1. The highest BCUT2D eigenvalue weighted by Crippen LogP contribution is 2.36. The monoisotopic (exact) mass is 648 g/mol. The van der Waals surface area contributed by atoms with E-state index in [0.717, 1.165) is 31.2 Å². The summed E-state index contributed by atoms with van der Waals surface area (Å²) in [7, 11) is -5.34. The molecule has 2 fully saturated rings. The normalized spacial score (nSPS) is 17.8. The third-order valence-electron chi connectivity index (χ3n) is 8.53. The maximum atomic E-state index is 14.5. The van der Waals surface area contributed by atoms with Gasteiger partial charge in [0.1, 0.15) is 12.6 Å². The van der Waals surface area contributed by atoms with E-state index in [1.165, 1.54) is 35.7 Å². The number of amides is 1. The Kier molecular flexibility index (Phi) is 8.16. The summed E-state index contributed by atoms with van der Waals surface area (Å²) in [5, 5.41) is 6.75. The number of fused-ring (bicyclic) bond motifs is 1. The van der Waals surface area contributed by atoms with E-state index < -0.39 is 68.1 Å². The number of pyridine rings is 1. The van der Waals surface area contributed by atoms with Crippen LogP contribution in [0.4, 0.5) is 27.6 Å². The fraction of sp³-hybridized carbons (Fsp3) is 0.333. The molecule has 1 saturated carbocycles. The Morgan fingerprint density at radius 3 is 2.27 bits per heavy atom. The average molecular weight is 649 g/mol. The van der Waals surface area contributed by atoms with Crippen LogP contribution in [0.3, 0.4) is 0 Å². The van der Waals surface area contributed by atoms with E-state index in [9.17, 15) is 40.0 Å². The number of carbonyl (C=O) groups is 1. The number of H-pyrrole nitrogens is 2. The van der Waals surface area contributed by atoms with Crippen LogP contribution in [0.5, 0.6) is 0 Å². The van der Waals surface area contributed by atoms with Crippen LogP contribution in [-0.2, 0) is 21.4 Å². The predicted octanol–water partition coefficient (Wildman–Crippen LogP) is 4.48. The number of hydrogen-bond acceptors (Lipinski definition) is 5. The molecule has 45 heavy (non-hydrogen) atoms. The van der Waals surface area contributed by atoms with E-state index in [0.29, 0.717) is 21.3 Å². The summed E-state index contributed by atoms with van der Waals surface area (Å²) in [5.74, 6) is -12.8.